The molecule has 0 atom stereocenters. The minimum absolute atomic E-state index is 0. The van der Waals surface area contributed by atoms with Crippen molar-refractivity contribution in [3.63, 3.8) is 0 Å². The molecule has 0 unspecified atom stereocenters. The summed E-state index contributed by atoms with van der Waals surface area (Å²) < 4.78 is 11.3. The third-order valence-electron chi connectivity index (χ3n) is 4.35. The predicted molar refractivity (Wildman–Crippen MR) is 111 cm³/mol. The highest BCUT2D eigenvalue weighted by atomic mass is 35.5. The second kappa shape index (κ2) is 11.3. The first kappa shape index (κ1) is 22.6. The third kappa shape index (κ3) is 7.04. The minimum atomic E-state index is 0. The quantitative estimate of drug-likeness (QED) is 0.817. The summed E-state index contributed by atoms with van der Waals surface area (Å²) in [6, 6.07) is 20.5. The first-order chi connectivity index (χ1) is 11.7. The number of benzene rings is 2. The van der Waals surface area contributed by atoms with Gasteiger partial charge in [0.15, 0.2) is 0 Å². The fraction of sp³-hybridized carbons (Fsp3) is 0.400. The second-order valence-corrected chi connectivity index (χ2v) is 6.57. The summed E-state index contributed by atoms with van der Waals surface area (Å²) in [6.45, 7) is 0. The molecule has 0 aliphatic heterocycles. The fourth-order valence-corrected chi connectivity index (χ4v) is 2.79. The van der Waals surface area contributed by atoms with Gasteiger partial charge >= 0.3 is 0 Å². The maximum absolute atomic E-state index is 5.64. The maximum Gasteiger partial charge on any atom is 0.119 e. The zero-order valence-electron chi connectivity index (χ0n) is 14.7. The normalized spacial score (nSPS) is 25.6. The molecule has 2 aromatic carbocycles. The SMILES string of the molecule is Cl.Cl.NC1CC(Oc2ccccc2)C1.NC1CC(Oc2ccccc2)C1. The molecule has 2 fully saturated rings. The Balaban J connectivity index is 0.000000241. The first-order valence-corrected chi connectivity index (χ1v) is 8.63. The summed E-state index contributed by atoms with van der Waals surface area (Å²) in [5.41, 5.74) is 11.3. The Kier molecular flexibility index (Phi) is 9.81. The summed E-state index contributed by atoms with van der Waals surface area (Å²) in [6.07, 6.45) is 4.68. The summed E-state index contributed by atoms with van der Waals surface area (Å²) in [7, 11) is 0. The molecule has 144 valence electrons. The van der Waals surface area contributed by atoms with Gasteiger partial charge in [-0.3, -0.25) is 0 Å². The molecule has 2 aliphatic rings. The maximum atomic E-state index is 5.64. The van der Waals surface area contributed by atoms with Gasteiger partial charge in [0.1, 0.15) is 23.7 Å². The standard InChI is InChI=1S/2C10H13NO.2ClH/c2*11-8-6-10(7-8)12-9-4-2-1-3-5-9;;/h2*1-5,8,10H,6-7,11H2;2*1H. The van der Waals surface area contributed by atoms with Gasteiger partial charge in [0.25, 0.3) is 0 Å². The van der Waals surface area contributed by atoms with Gasteiger partial charge in [0.2, 0.25) is 0 Å². The Morgan fingerprint density at radius 2 is 0.885 bits per heavy atom. The molecule has 6 heteroatoms. The number of ether oxygens (including phenoxy) is 2. The molecule has 0 amide bonds. The van der Waals surface area contributed by atoms with Gasteiger partial charge < -0.3 is 20.9 Å². The van der Waals surface area contributed by atoms with Crippen LogP contribution in [0.25, 0.3) is 0 Å². The number of para-hydroxylation sites is 2. The van der Waals surface area contributed by atoms with Gasteiger partial charge in [-0.15, -0.1) is 24.8 Å². The van der Waals surface area contributed by atoms with Gasteiger partial charge in [-0.1, -0.05) is 36.4 Å². The Hall–Kier alpha value is -1.46. The summed E-state index contributed by atoms with van der Waals surface area (Å²) in [4.78, 5) is 0. The van der Waals surface area contributed by atoms with Crippen molar-refractivity contribution in [1.82, 2.24) is 0 Å². The molecule has 2 aromatic rings. The topological polar surface area (TPSA) is 70.5 Å². The lowest BCUT2D eigenvalue weighted by Crippen LogP contribution is -2.43. The molecule has 4 nitrogen and oxygen atoms in total. The highest BCUT2D eigenvalue weighted by Gasteiger charge is 2.28. The molecule has 0 radical (unpaired) electrons. The van der Waals surface area contributed by atoms with Crippen molar-refractivity contribution < 1.29 is 9.47 Å². The lowest BCUT2D eigenvalue weighted by Gasteiger charge is -2.32. The molecule has 0 bridgehead atoms. The van der Waals surface area contributed by atoms with Crippen LogP contribution in [0, 0.1) is 0 Å². The van der Waals surface area contributed by atoms with E-state index < -0.39 is 0 Å². The molecule has 2 saturated carbocycles. The lowest BCUT2D eigenvalue weighted by atomic mass is 9.90. The van der Waals surface area contributed by atoms with E-state index in [1.807, 2.05) is 60.7 Å². The van der Waals surface area contributed by atoms with E-state index in [2.05, 4.69) is 0 Å². The highest BCUT2D eigenvalue weighted by Crippen LogP contribution is 2.24. The highest BCUT2D eigenvalue weighted by molar-refractivity contribution is 5.85. The molecule has 0 spiro atoms. The lowest BCUT2D eigenvalue weighted by molar-refractivity contribution is 0.101. The van der Waals surface area contributed by atoms with Gasteiger partial charge in [0.05, 0.1) is 0 Å². The molecular weight excluding hydrogens is 371 g/mol. The molecule has 0 aromatic heterocycles. The van der Waals surface area contributed by atoms with E-state index >= 15 is 0 Å². The van der Waals surface area contributed by atoms with E-state index in [0.29, 0.717) is 24.3 Å². The van der Waals surface area contributed by atoms with E-state index in [9.17, 15) is 0 Å². The molecule has 4 N–H and O–H groups in total. The Morgan fingerprint density at radius 3 is 1.15 bits per heavy atom. The molecule has 2 aliphatic carbocycles. The van der Waals surface area contributed by atoms with Crippen LogP contribution in [0.1, 0.15) is 25.7 Å². The second-order valence-electron chi connectivity index (χ2n) is 6.57. The first-order valence-electron chi connectivity index (χ1n) is 8.63. The number of rotatable bonds is 4. The van der Waals surface area contributed by atoms with Crippen molar-refractivity contribution >= 4 is 24.8 Å². The van der Waals surface area contributed by atoms with Crippen LogP contribution in [0.2, 0.25) is 0 Å². The van der Waals surface area contributed by atoms with Crippen LogP contribution >= 0.6 is 24.8 Å². The van der Waals surface area contributed by atoms with Crippen LogP contribution < -0.4 is 20.9 Å². The largest absolute Gasteiger partial charge is 0.490 e. The van der Waals surface area contributed by atoms with E-state index in [4.69, 9.17) is 20.9 Å². The van der Waals surface area contributed by atoms with Crippen LogP contribution in [-0.4, -0.2) is 24.3 Å². The average Bonchev–Trinajstić information content (AvgIpc) is 2.55. The number of halogens is 2. The van der Waals surface area contributed by atoms with Crippen LogP contribution in [-0.2, 0) is 0 Å². The third-order valence-corrected chi connectivity index (χ3v) is 4.35. The number of hydrogen-bond donors (Lipinski definition) is 2. The fourth-order valence-electron chi connectivity index (χ4n) is 2.79. The van der Waals surface area contributed by atoms with E-state index in [0.717, 1.165) is 37.2 Å². The van der Waals surface area contributed by atoms with Gasteiger partial charge in [0, 0.05) is 12.1 Å². The average molecular weight is 399 g/mol. The zero-order valence-corrected chi connectivity index (χ0v) is 16.3. The van der Waals surface area contributed by atoms with Crippen molar-refractivity contribution in [2.24, 2.45) is 11.5 Å². The van der Waals surface area contributed by atoms with Crippen molar-refractivity contribution in [2.45, 2.75) is 50.0 Å². The number of hydrogen-bond acceptors (Lipinski definition) is 4. The van der Waals surface area contributed by atoms with E-state index in [1.54, 1.807) is 0 Å². The zero-order chi connectivity index (χ0) is 16.8. The van der Waals surface area contributed by atoms with Crippen LogP contribution in [0.15, 0.2) is 60.7 Å². The van der Waals surface area contributed by atoms with Crippen LogP contribution in [0.3, 0.4) is 0 Å². The smallest absolute Gasteiger partial charge is 0.119 e. The van der Waals surface area contributed by atoms with Gasteiger partial charge in [-0.2, -0.15) is 0 Å². The van der Waals surface area contributed by atoms with Crippen molar-refractivity contribution in [2.75, 3.05) is 0 Å². The van der Waals surface area contributed by atoms with Crippen LogP contribution in [0.4, 0.5) is 0 Å². The summed E-state index contributed by atoms with van der Waals surface area (Å²) in [5, 5.41) is 0. The monoisotopic (exact) mass is 398 g/mol. The van der Waals surface area contributed by atoms with Gasteiger partial charge in [-0.05, 0) is 49.9 Å². The van der Waals surface area contributed by atoms with E-state index in [1.165, 1.54) is 0 Å². The minimum Gasteiger partial charge on any atom is -0.490 e. The summed E-state index contributed by atoms with van der Waals surface area (Å²) in [5.74, 6) is 1.91. The molecule has 0 saturated heterocycles. The predicted octanol–water partition coefficient (Wildman–Crippen LogP) is 3.95. The summed E-state index contributed by atoms with van der Waals surface area (Å²) >= 11 is 0. The molecular formula is C20H28Cl2N2O2. The molecule has 26 heavy (non-hydrogen) atoms. The van der Waals surface area contributed by atoms with Gasteiger partial charge in [-0.25, -0.2) is 0 Å². The Labute approximate surface area is 168 Å². The van der Waals surface area contributed by atoms with E-state index in [-0.39, 0.29) is 24.8 Å². The Morgan fingerprint density at radius 1 is 0.577 bits per heavy atom. The van der Waals surface area contributed by atoms with Crippen molar-refractivity contribution in [3.8, 4) is 11.5 Å². The molecule has 0 heterocycles. The number of nitrogens with two attached hydrogens (primary N) is 2. The van der Waals surface area contributed by atoms with Crippen LogP contribution in [0.5, 0.6) is 11.5 Å². The molecule has 4 rings (SSSR count). The van der Waals surface area contributed by atoms with Crippen molar-refractivity contribution in [3.05, 3.63) is 60.7 Å². The van der Waals surface area contributed by atoms with Crippen molar-refractivity contribution in [1.29, 1.82) is 0 Å². The Bertz CT molecular complexity index is 548.